The fourth-order valence-corrected chi connectivity index (χ4v) is 2.22. The molecule has 0 aromatic carbocycles. The fourth-order valence-electron chi connectivity index (χ4n) is 2.02. The minimum Gasteiger partial charge on any atom is -0.353 e. The molecule has 100 valence electrons. The van der Waals surface area contributed by atoms with Crippen molar-refractivity contribution in [1.29, 1.82) is 0 Å². The molecule has 0 radical (unpaired) electrons. The van der Waals surface area contributed by atoms with E-state index in [4.69, 9.17) is 11.6 Å². The Hall–Kier alpha value is -0.830. The Balaban J connectivity index is 2.16. The third-order valence-electron chi connectivity index (χ3n) is 3.27. The molecule has 0 unspecified atom stereocenters. The molecule has 18 heavy (non-hydrogen) atoms. The predicted molar refractivity (Wildman–Crippen MR) is 76.2 cm³/mol. The lowest BCUT2D eigenvalue weighted by Crippen LogP contribution is -2.29. The molecule has 1 aliphatic carbocycles. The van der Waals surface area contributed by atoms with Crippen molar-refractivity contribution >= 4 is 17.4 Å². The Morgan fingerprint density at radius 1 is 1.39 bits per heavy atom. The number of aromatic nitrogens is 2. The van der Waals surface area contributed by atoms with Crippen LogP contribution in [0.25, 0.3) is 0 Å². The number of rotatable bonds is 6. The normalized spacial score (nSPS) is 15.2. The van der Waals surface area contributed by atoms with Crippen LogP contribution in [0.1, 0.15) is 45.9 Å². The van der Waals surface area contributed by atoms with Gasteiger partial charge in [0.1, 0.15) is 16.8 Å². The highest BCUT2D eigenvalue weighted by molar-refractivity contribution is 6.29. The maximum absolute atomic E-state index is 6.08. The van der Waals surface area contributed by atoms with Crippen LogP contribution in [0.2, 0.25) is 5.15 Å². The van der Waals surface area contributed by atoms with Gasteiger partial charge < -0.3 is 4.90 Å². The van der Waals surface area contributed by atoms with E-state index in [-0.39, 0.29) is 0 Å². The number of nitrogens with zero attached hydrogens (tertiary/aromatic N) is 3. The van der Waals surface area contributed by atoms with Crippen molar-refractivity contribution in [2.45, 2.75) is 52.5 Å². The summed E-state index contributed by atoms with van der Waals surface area (Å²) in [6.07, 6.45) is 4.58. The van der Waals surface area contributed by atoms with Gasteiger partial charge in [-0.05, 0) is 25.2 Å². The molecule has 1 aromatic rings. The molecule has 1 aliphatic rings. The monoisotopic (exact) mass is 267 g/mol. The van der Waals surface area contributed by atoms with Crippen molar-refractivity contribution in [3.8, 4) is 0 Å². The van der Waals surface area contributed by atoms with Crippen LogP contribution in [0, 0.1) is 5.92 Å². The Bertz CT molecular complexity index is 402. The SMILES string of the molecule is CCc1nc(Cl)cc(N(CCC(C)C)C2CC2)n1. The molecule has 1 heterocycles. The molecular formula is C14H22ClN3. The van der Waals surface area contributed by atoms with Crippen LogP contribution in [-0.4, -0.2) is 22.6 Å². The predicted octanol–water partition coefficient (Wildman–Crippen LogP) is 3.71. The van der Waals surface area contributed by atoms with Gasteiger partial charge in [-0.1, -0.05) is 32.4 Å². The van der Waals surface area contributed by atoms with E-state index in [1.807, 2.05) is 6.07 Å². The van der Waals surface area contributed by atoms with E-state index in [0.29, 0.717) is 17.1 Å². The molecule has 0 spiro atoms. The lowest BCUT2D eigenvalue weighted by atomic mass is 10.1. The lowest BCUT2D eigenvalue weighted by Gasteiger charge is -2.24. The second kappa shape index (κ2) is 5.87. The Kier molecular flexibility index (Phi) is 4.44. The summed E-state index contributed by atoms with van der Waals surface area (Å²) in [7, 11) is 0. The Morgan fingerprint density at radius 2 is 2.11 bits per heavy atom. The Morgan fingerprint density at radius 3 is 2.67 bits per heavy atom. The van der Waals surface area contributed by atoms with Gasteiger partial charge in [-0.3, -0.25) is 0 Å². The molecule has 0 amide bonds. The highest BCUT2D eigenvalue weighted by Gasteiger charge is 2.30. The number of aryl methyl sites for hydroxylation is 1. The van der Waals surface area contributed by atoms with Crippen LogP contribution in [-0.2, 0) is 6.42 Å². The van der Waals surface area contributed by atoms with Gasteiger partial charge in [0, 0.05) is 25.1 Å². The molecule has 1 saturated carbocycles. The van der Waals surface area contributed by atoms with Crippen LogP contribution in [0.4, 0.5) is 5.82 Å². The van der Waals surface area contributed by atoms with E-state index in [1.54, 1.807) is 0 Å². The zero-order valence-electron chi connectivity index (χ0n) is 11.5. The van der Waals surface area contributed by atoms with Gasteiger partial charge >= 0.3 is 0 Å². The zero-order chi connectivity index (χ0) is 13.1. The number of hydrogen-bond donors (Lipinski definition) is 0. The van der Waals surface area contributed by atoms with E-state index >= 15 is 0 Å². The van der Waals surface area contributed by atoms with Crippen LogP contribution in [0.3, 0.4) is 0 Å². The first-order valence-electron chi connectivity index (χ1n) is 6.90. The molecular weight excluding hydrogens is 246 g/mol. The summed E-state index contributed by atoms with van der Waals surface area (Å²) in [6, 6.07) is 2.57. The zero-order valence-corrected chi connectivity index (χ0v) is 12.2. The third kappa shape index (κ3) is 3.58. The van der Waals surface area contributed by atoms with Gasteiger partial charge in [0.05, 0.1) is 0 Å². The smallest absolute Gasteiger partial charge is 0.134 e. The lowest BCUT2D eigenvalue weighted by molar-refractivity contribution is 0.568. The van der Waals surface area contributed by atoms with Gasteiger partial charge in [0.2, 0.25) is 0 Å². The Labute approximate surface area is 115 Å². The first-order chi connectivity index (χ1) is 8.60. The van der Waals surface area contributed by atoms with Gasteiger partial charge in [-0.2, -0.15) is 0 Å². The number of halogens is 1. The van der Waals surface area contributed by atoms with Crippen molar-refractivity contribution in [1.82, 2.24) is 9.97 Å². The summed E-state index contributed by atoms with van der Waals surface area (Å²) in [5.74, 6) is 2.57. The van der Waals surface area contributed by atoms with Crippen molar-refractivity contribution in [2.24, 2.45) is 5.92 Å². The molecule has 0 aliphatic heterocycles. The van der Waals surface area contributed by atoms with Gasteiger partial charge in [0.15, 0.2) is 0 Å². The molecule has 1 fully saturated rings. The summed E-state index contributed by atoms with van der Waals surface area (Å²) < 4.78 is 0. The van der Waals surface area contributed by atoms with Crippen LogP contribution >= 0.6 is 11.6 Å². The van der Waals surface area contributed by atoms with E-state index in [1.165, 1.54) is 19.3 Å². The van der Waals surface area contributed by atoms with E-state index < -0.39 is 0 Å². The molecule has 0 saturated heterocycles. The summed E-state index contributed by atoms with van der Waals surface area (Å²) in [6.45, 7) is 7.65. The largest absolute Gasteiger partial charge is 0.353 e. The molecule has 0 atom stereocenters. The molecule has 0 N–H and O–H groups in total. The first-order valence-corrected chi connectivity index (χ1v) is 7.28. The quantitative estimate of drug-likeness (QED) is 0.736. The van der Waals surface area contributed by atoms with Crippen molar-refractivity contribution in [2.75, 3.05) is 11.4 Å². The summed E-state index contributed by atoms with van der Waals surface area (Å²) in [5.41, 5.74) is 0. The number of hydrogen-bond acceptors (Lipinski definition) is 3. The average Bonchev–Trinajstić information content (AvgIpc) is 3.12. The van der Waals surface area contributed by atoms with Crippen LogP contribution in [0.15, 0.2) is 6.07 Å². The molecule has 1 aromatic heterocycles. The van der Waals surface area contributed by atoms with E-state index in [2.05, 4.69) is 35.6 Å². The van der Waals surface area contributed by atoms with Crippen LogP contribution in [0.5, 0.6) is 0 Å². The third-order valence-corrected chi connectivity index (χ3v) is 3.47. The van der Waals surface area contributed by atoms with Gasteiger partial charge in [-0.15, -0.1) is 0 Å². The molecule has 2 rings (SSSR count). The fraction of sp³-hybridized carbons (Fsp3) is 0.714. The van der Waals surface area contributed by atoms with Gasteiger partial charge in [0.25, 0.3) is 0 Å². The molecule has 3 nitrogen and oxygen atoms in total. The second-order valence-electron chi connectivity index (χ2n) is 5.43. The topological polar surface area (TPSA) is 29.0 Å². The highest BCUT2D eigenvalue weighted by atomic mass is 35.5. The summed E-state index contributed by atoms with van der Waals surface area (Å²) in [5, 5.41) is 0.562. The summed E-state index contributed by atoms with van der Waals surface area (Å²) in [4.78, 5) is 11.3. The second-order valence-corrected chi connectivity index (χ2v) is 5.81. The minimum absolute atomic E-state index is 0.562. The summed E-state index contributed by atoms with van der Waals surface area (Å²) >= 11 is 6.08. The van der Waals surface area contributed by atoms with Crippen molar-refractivity contribution < 1.29 is 0 Å². The highest BCUT2D eigenvalue weighted by Crippen LogP contribution is 2.32. The average molecular weight is 268 g/mol. The molecule has 0 bridgehead atoms. The maximum atomic E-state index is 6.08. The van der Waals surface area contributed by atoms with Gasteiger partial charge in [-0.25, -0.2) is 9.97 Å². The minimum atomic E-state index is 0.562. The molecule has 4 heteroatoms. The van der Waals surface area contributed by atoms with E-state index in [0.717, 1.165) is 24.6 Å². The van der Waals surface area contributed by atoms with E-state index in [9.17, 15) is 0 Å². The number of anilines is 1. The maximum Gasteiger partial charge on any atom is 0.134 e. The van der Waals surface area contributed by atoms with Crippen molar-refractivity contribution in [3.63, 3.8) is 0 Å². The van der Waals surface area contributed by atoms with Crippen LogP contribution < -0.4 is 4.90 Å². The standard InChI is InChI=1S/C14H22ClN3/c1-4-13-16-12(15)9-14(17-13)18(11-5-6-11)8-7-10(2)3/h9-11H,4-8H2,1-3H3. The first kappa shape index (κ1) is 13.6. The van der Waals surface area contributed by atoms with Crippen molar-refractivity contribution in [3.05, 3.63) is 17.0 Å².